The number of esters is 1. The van der Waals surface area contributed by atoms with Gasteiger partial charge in [0.05, 0.1) is 6.54 Å². The number of rotatable bonds is 6. The van der Waals surface area contributed by atoms with Crippen molar-refractivity contribution in [3.8, 4) is 5.75 Å². The fourth-order valence-electron chi connectivity index (χ4n) is 2.41. The standard InChI is InChI=1S/C19H16ClNO6/c20-14-7-5-13(6-8-14)11-26-16-4-2-1-3-15(16)18(23)27-12-17(22)21-9-10-25-19(21)24/h1-8H,9-12H2. The molecule has 0 aliphatic carbocycles. The van der Waals surface area contributed by atoms with Crippen molar-refractivity contribution < 1.29 is 28.6 Å². The first-order valence-corrected chi connectivity index (χ1v) is 8.53. The molecule has 1 aliphatic heterocycles. The Labute approximate surface area is 160 Å². The van der Waals surface area contributed by atoms with E-state index in [4.69, 9.17) is 21.1 Å². The van der Waals surface area contributed by atoms with Crippen molar-refractivity contribution in [2.45, 2.75) is 6.61 Å². The van der Waals surface area contributed by atoms with E-state index in [0.717, 1.165) is 10.5 Å². The van der Waals surface area contributed by atoms with E-state index in [1.165, 1.54) is 6.07 Å². The summed E-state index contributed by atoms with van der Waals surface area (Å²) in [6, 6.07) is 13.7. The van der Waals surface area contributed by atoms with Crippen LogP contribution in [0.15, 0.2) is 48.5 Å². The van der Waals surface area contributed by atoms with Gasteiger partial charge in [0.15, 0.2) is 6.61 Å². The van der Waals surface area contributed by atoms with Gasteiger partial charge in [-0.15, -0.1) is 0 Å². The summed E-state index contributed by atoms with van der Waals surface area (Å²) >= 11 is 5.85. The number of hydrogen-bond acceptors (Lipinski definition) is 6. The van der Waals surface area contributed by atoms with Gasteiger partial charge in [0.1, 0.15) is 24.5 Å². The molecule has 0 aromatic heterocycles. The van der Waals surface area contributed by atoms with Crippen LogP contribution >= 0.6 is 11.6 Å². The number of para-hydroxylation sites is 1. The van der Waals surface area contributed by atoms with Crippen LogP contribution in [-0.2, 0) is 20.9 Å². The molecule has 3 rings (SSSR count). The SMILES string of the molecule is O=C(OCC(=O)N1CCOC1=O)c1ccccc1OCc1ccc(Cl)cc1. The first kappa shape index (κ1) is 18.7. The monoisotopic (exact) mass is 389 g/mol. The molecule has 1 saturated heterocycles. The van der Waals surface area contributed by atoms with E-state index in [2.05, 4.69) is 4.74 Å². The number of nitrogens with zero attached hydrogens (tertiary/aromatic N) is 1. The van der Waals surface area contributed by atoms with Crippen LogP contribution in [0.2, 0.25) is 5.02 Å². The summed E-state index contributed by atoms with van der Waals surface area (Å²) in [6.45, 7) is -0.0324. The van der Waals surface area contributed by atoms with Gasteiger partial charge in [0.25, 0.3) is 5.91 Å². The van der Waals surface area contributed by atoms with E-state index in [1.54, 1.807) is 30.3 Å². The summed E-state index contributed by atoms with van der Waals surface area (Å²) < 4.78 is 15.4. The highest BCUT2D eigenvalue weighted by molar-refractivity contribution is 6.30. The zero-order valence-corrected chi connectivity index (χ0v) is 15.0. The van der Waals surface area contributed by atoms with Crippen LogP contribution in [0.25, 0.3) is 0 Å². The smallest absolute Gasteiger partial charge is 0.416 e. The van der Waals surface area contributed by atoms with Crippen molar-refractivity contribution in [1.82, 2.24) is 4.90 Å². The second-order valence-corrected chi connectivity index (χ2v) is 6.08. The molecule has 0 saturated carbocycles. The lowest BCUT2D eigenvalue weighted by molar-refractivity contribution is -0.131. The largest absolute Gasteiger partial charge is 0.488 e. The number of imide groups is 1. The Morgan fingerprint density at radius 1 is 1.11 bits per heavy atom. The summed E-state index contributed by atoms with van der Waals surface area (Å²) in [5.74, 6) is -1.03. The summed E-state index contributed by atoms with van der Waals surface area (Å²) in [7, 11) is 0. The first-order chi connectivity index (χ1) is 13.0. The highest BCUT2D eigenvalue weighted by Crippen LogP contribution is 2.21. The number of carbonyl (C=O) groups is 3. The lowest BCUT2D eigenvalue weighted by atomic mass is 10.2. The lowest BCUT2D eigenvalue weighted by Gasteiger charge is -2.13. The van der Waals surface area contributed by atoms with Crippen LogP contribution in [0.4, 0.5) is 4.79 Å². The molecule has 140 valence electrons. The highest BCUT2D eigenvalue weighted by Gasteiger charge is 2.29. The van der Waals surface area contributed by atoms with Gasteiger partial charge in [-0.05, 0) is 29.8 Å². The number of halogens is 1. The van der Waals surface area contributed by atoms with Crippen LogP contribution in [0.5, 0.6) is 5.75 Å². The van der Waals surface area contributed by atoms with Gasteiger partial charge in [-0.1, -0.05) is 35.9 Å². The maximum absolute atomic E-state index is 12.3. The Morgan fingerprint density at radius 3 is 2.56 bits per heavy atom. The molecule has 0 N–H and O–H groups in total. The lowest BCUT2D eigenvalue weighted by Crippen LogP contribution is -2.35. The topological polar surface area (TPSA) is 82.1 Å². The Hall–Kier alpha value is -3.06. The summed E-state index contributed by atoms with van der Waals surface area (Å²) in [4.78, 5) is 36.5. The molecule has 8 heteroatoms. The molecule has 0 atom stereocenters. The summed E-state index contributed by atoms with van der Waals surface area (Å²) in [5.41, 5.74) is 1.06. The number of carbonyl (C=O) groups excluding carboxylic acids is 3. The minimum atomic E-state index is -0.734. The molecule has 1 heterocycles. The molecule has 0 radical (unpaired) electrons. The van der Waals surface area contributed by atoms with Crippen molar-refractivity contribution in [1.29, 1.82) is 0 Å². The van der Waals surface area contributed by atoms with Gasteiger partial charge in [-0.2, -0.15) is 0 Å². The second-order valence-electron chi connectivity index (χ2n) is 5.65. The van der Waals surface area contributed by atoms with Crippen molar-refractivity contribution in [3.05, 3.63) is 64.7 Å². The van der Waals surface area contributed by atoms with Gasteiger partial charge in [-0.25, -0.2) is 14.5 Å². The molecule has 2 aromatic rings. The molecule has 1 fully saturated rings. The predicted molar refractivity (Wildman–Crippen MR) is 95.6 cm³/mol. The Kier molecular flexibility index (Phi) is 5.93. The quantitative estimate of drug-likeness (QED) is 0.706. The van der Waals surface area contributed by atoms with E-state index in [9.17, 15) is 14.4 Å². The van der Waals surface area contributed by atoms with Crippen LogP contribution < -0.4 is 4.74 Å². The van der Waals surface area contributed by atoms with Crippen molar-refractivity contribution in [2.75, 3.05) is 19.8 Å². The third-order valence-electron chi connectivity index (χ3n) is 3.80. The van der Waals surface area contributed by atoms with Gasteiger partial charge in [-0.3, -0.25) is 4.79 Å². The fraction of sp³-hybridized carbons (Fsp3) is 0.211. The third-order valence-corrected chi connectivity index (χ3v) is 4.06. The number of amides is 2. The summed E-state index contributed by atoms with van der Waals surface area (Å²) in [6.07, 6.45) is -0.734. The normalized spacial score (nSPS) is 13.2. The van der Waals surface area contributed by atoms with E-state index in [1.807, 2.05) is 12.1 Å². The predicted octanol–water partition coefficient (Wildman–Crippen LogP) is 3.05. The third kappa shape index (κ3) is 4.77. The molecule has 1 aliphatic rings. The minimum Gasteiger partial charge on any atom is -0.488 e. The van der Waals surface area contributed by atoms with E-state index < -0.39 is 24.6 Å². The molecule has 2 aromatic carbocycles. The molecule has 0 unspecified atom stereocenters. The van der Waals surface area contributed by atoms with Gasteiger partial charge >= 0.3 is 12.1 Å². The Balaban J connectivity index is 1.60. The highest BCUT2D eigenvalue weighted by atomic mass is 35.5. The molecule has 27 heavy (non-hydrogen) atoms. The van der Waals surface area contributed by atoms with Crippen LogP contribution in [0, 0.1) is 0 Å². The maximum Gasteiger partial charge on any atom is 0.416 e. The van der Waals surface area contributed by atoms with E-state index in [0.29, 0.717) is 10.8 Å². The molecular formula is C19H16ClNO6. The maximum atomic E-state index is 12.3. The Bertz CT molecular complexity index is 852. The molecule has 0 bridgehead atoms. The average Bonchev–Trinajstić information content (AvgIpc) is 3.11. The average molecular weight is 390 g/mol. The summed E-state index contributed by atoms with van der Waals surface area (Å²) in [5, 5.41) is 0.620. The zero-order valence-electron chi connectivity index (χ0n) is 14.2. The number of cyclic esters (lactones) is 1. The second kappa shape index (κ2) is 8.55. The van der Waals surface area contributed by atoms with Crippen molar-refractivity contribution in [2.24, 2.45) is 0 Å². The molecule has 2 amide bonds. The molecular weight excluding hydrogens is 374 g/mol. The van der Waals surface area contributed by atoms with E-state index in [-0.39, 0.29) is 25.3 Å². The number of hydrogen-bond donors (Lipinski definition) is 0. The first-order valence-electron chi connectivity index (χ1n) is 8.15. The van der Waals surface area contributed by atoms with Crippen molar-refractivity contribution in [3.63, 3.8) is 0 Å². The van der Waals surface area contributed by atoms with Gasteiger partial charge in [0, 0.05) is 5.02 Å². The molecule has 0 spiro atoms. The number of ether oxygens (including phenoxy) is 3. The van der Waals surface area contributed by atoms with Gasteiger partial charge in [0.2, 0.25) is 0 Å². The number of benzene rings is 2. The van der Waals surface area contributed by atoms with Crippen molar-refractivity contribution >= 4 is 29.6 Å². The van der Waals surface area contributed by atoms with Gasteiger partial charge < -0.3 is 14.2 Å². The molecule has 7 nitrogen and oxygen atoms in total. The minimum absolute atomic E-state index is 0.139. The Morgan fingerprint density at radius 2 is 1.85 bits per heavy atom. The zero-order chi connectivity index (χ0) is 19.2. The van der Waals surface area contributed by atoms with Crippen LogP contribution in [0.3, 0.4) is 0 Å². The fourth-order valence-corrected chi connectivity index (χ4v) is 2.53. The van der Waals surface area contributed by atoms with Crippen LogP contribution in [-0.4, -0.2) is 42.6 Å². The van der Waals surface area contributed by atoms with E-state index >= 15 is 0 Å². The van der Waals surface area contributed by atoms with Crippen LogP contribution in [0.1, 0.15) is 15.9 Å².